The van der Waals surface area contributed by atoms with E-state index in [9.17, 15) is 9.59 Å². The van der Waals surface area contributed by atoms with E-state index in [0.29, 0.717) is 23.2 Å². The fraction of sp³-hybridized carbons (Fsp3) is 0.250. The average molecular weight is 352 g/mol. The summed E-state index contributed by atoms with van der Waals surface area (Å²) >= 11 is 0. The third-order valence-corrected chi connectivity index (χ3v) is 4.33. The van der Waals surface area contributed by atoms with Crippen molar-refractivity contribution < 1.29 is 14.6 Å². The second kappa shape index (κ2) is 7.39. The van der Waals surface area contributed by atoms with Gasteiger partial charge in [0.25, 0.3) is 5.56 Å². The Balaban J connectivity index is 1.66. The fourth-order valence-corrected chi connectivity index (χ4v) is 2.71. The van der Waals surface area contributed by atoms with Crippen LogP contribution < -0.4 is 10.3 Å². The van der Waals surface area contributed by atoms with E-state index in [2.05, 4.69) is 5.10 Å². The quantitative estimate of drug-likeness (QED) is 0.737. The van der Waals surface area contributed by atoms with E-state index in [0.717, 1.165) is 10.9 Å². The van der Waals surface area contributed by atoms with Crippen LogP contribution in [0.25, 0.3) is 10.8 Å². The van der Waals surface area contributed by atoms with Gasteiger partial charge >= 0.3 is 5.97 Å². The molecule has 3 rings (SSSR count). The van der Waals surface area contributed by atoms with E-state index in [4.69, 9.17) is 9.84 Å². The molecule has 6 nitrogen and oxygen atoms in total. The Morgan fingerprint density at radius 2 is 1.96 bits per heavy atom. The summed E-state index contributed by atoms with van der Waals surface area (Å²) < 4.78 is 7.03. The largest absolute Gasteiger partial charge is 0.492 e. The minimum absolute atomic E-state index is 0.142. The van der Waals surface area contributed by atoms with Gasteiger partial charge in [0.2, 0.25) is 0 Å². The molecule has 1 heterocycles. The van der Waals surface area contributed by atoms with Crippen molar-refractivity contribution in [2.24, 2.45) is 0 Å². The highest BCUT2D eigenvalue weighted by molar-refractivity contribution is 5.81. The van der Waals surface area contributed by atoms with Gasteiger partial charge in [-0.1, -0.05) is 23.8 Å². The van der Waals surface area contributed by atoms with E-state index >= 15 is 0 Å². The molecular weight excluding hydrogens is 332 g/mol. The number of ether oxygens (including phenoxy) is 1. The molecule has 0 aliphatic rings. The first kappa shape index (κ1) is 17.7. The van der Waals surface area contributed by atoms with Crippen LogP contribution in [0, 0.1) is 6.92 Å². The number of carboxylic acids is 1. The van der Waals surface area contributed by atoms with Crippen LogP contribution in [-0.4, -0.2) is 27.5 Å². The first-order valence-corrected chi connectivity index (χ1v) is 8.38. The molecule has 3 aromatic rings. The number of benzene rings is 2. The summed E-state index contributed by atoms with van der Waals surface area (Å²) in [6, 6.07) is 12.6. The highest BCUT2D eigenvalue weighted by Crippen LogP contribution is 2.19. The smallest absolute Gasteiger partial charge is 0.310 e. The molecule has 0 radical (unpaired) electrons. The number of fused-ring (bicyclic) bond motifs is 1. The maximum atomic E-state index is 12.5. The van der Waals surface area contributed by atoms with Crippen LogP contribution in [0.15, 0.2) is 53.5 Å². The number of aryl methyl sites for hydroxylation is 1. The van der Waals surface area contributed by atoms with Crippen LogP contribution in [0.1, 0.15) is 24.0 Å². The maximum absolute atomic E-state index is 12.5. The molecule has 0 amide bonds. The minimum atomic E-state index is -0.865. The molecule has 0 bridgehead atoms. The van der Waals surface area contributed by atoms with Crippen molar-refractivity contribution >= 4 is 16.7 Å². The van der Waals surface area contributed by atoms with Crippen molar-refractivity contribution in [3.05, 3.63) is 70.1 Å². The molecule has 1 N–H and O–H groups in total. The molecule has 134 valence electrons. The summed E-state index contributed by atoms with van der Waals surface area (Å²) in [5, 5.41) is 14.7. The Bertz CT molecular complexity index is 993. The SMILES string of the molecule is Cc1ccc2c(=O)n(CCOc3ccc(C(C)C(=O)O)cc3)ncc2c1. The summed E-state index contributed by atoms with van der Waals surface area (Å²) in [4.78, 5) is 23.4. The molecule has 0 aliphatic carbocycles. The lowest BCUT2D eigenvalue weighted by Gasteiger charge is -2.10. The number of carboxylic acid groups (broad SMARTS) is 1. The zero-order valence-corrected chi connectivity index (χ0v) is 14.7. The van der Waals surface area contributed by atoms with Gasteiger partial charge in [-0.05, 0) is 43.7 Å². The van der Waals surface area contributed by atoms with Crippen LogP contribution in [0.2, 0.25) is 0 Å². The van der Waals surface area contributed by atoms with E-state index in [-0.39, 0.29) is 12.2 Å². The predicted molar refractivity (Wildman–Crippen MR) is 98.7 cm³/mol. The molecule has 0 saturated carbocycles. The average Bonchev–Trinajstić information content (AvgIpc) is 2.63. The molecule has 26 heavy (non-hydrogen) atoms. The summed E-state index contributed by atoms with van der Waals surface area (Å²) in [5.41, 5.74) is 1.66. The third kappa shape index (κ3) is 3.74. The molecule has 0 spiro atoms. The van der Waals surface area contributed by atoms with Crippen molar-refractivity contribution in [2.75, 3.05) is 6.61 Å². The Labute approximate surface area is 150 Å². The predicted octanol–water partition coefficient (Wildman–Crippen LogP) is 2.97. The summed E-state index contributed by atoms with van der Waals surface area (Å²) in [6.45, 7) is 4.23. The first-order valence-electron chi connectivity index (χ1n) is 8.38. The summed E-state index contributed by atoms with van der Waals surface area (Å²) in [7, 11) is 0. The highest BCUT2D eigenvalue weighted by atomic mass is 16.5. The van der Waals surface area contributed by atoms with Crippen molar-refractivity contribution in [2.45, 2.75) is 26.3 Å². The van der Waals surface area contributed by atoms with E-state index in [1.165, 1.54) is 4.68 Å². The van der Waals surface area contributed by atoms with Crippen LogP contribution in [0.5, 0.6) is 5.75 Å². The number of carbonyl (C=O) groups is 1. The highest BCUT2D eigenvalue weighted by Gasteiger charge is 2.13. The Hall–Kier alpha value is -3.15. The number of aliphatic carboxylic acids is 1. The van der Waals surface area contributed by atoms with Gasteiger partial charge in [0, 0.05) is 5.39 Å². The fourth-order valence-electron chi connectivity index (χ4n) is 2.71. The Morgan fingerprint density at radius 3 is 2.65 bits per heavy atom. The summed E-state index contributed by atoms with van der Waals surface area (Å²) in [6.07, 6.45) is 1.69. The Kier molecular flexibility index (Phi) is 5.02. The van der Waals surface area contributed by atoms with Gasteiger partial charge in [0.05, 0.1) is 24.0 Å². The summed E-state index contributed by atoms with van der Waals surface area (Å²) in [5.74, 6) is -0.806. The number of rotatable bonds is 6. The molecule has 1 unspecified atom stereocenters. The van der Waals surface area contributed by atoms with Crippen molar-refractivity contribution in [1.29, 1.82) is 0 Å². The lowest BCUT2D eigenvalue weighted by molar-refractivity contribution is -0.138. The van der Waals surface area contributed by atoms with Crippen LogP contribution in [0.4, 0.5) is 0 Å². The Morgan fingerprint density at radius 1 is 1.23 bits per heavy atom. The lowest BCUT2D eigenvalue weighted by Crippen LogP contribution is -2.25. The second-order valence-corrected chi connectivity index (χ2v) is 6.24. The first-order chi connectivity index (χ1) is 12.5. The zero-order valence-electron chi connectivity index (χ0n) is 14.7. The molecule has 1 aromatic heterocycles. The topological polar surface area (TPSA) is 81.4 Å². The van der Waals surface area contributed by atoms with Gasteiger partial charge in [0.1, 0.15) is 12.4 Å². The second-order valence-electron chi connectivity index (χ2n) is 6.24. The number of aromatic nitrogens is 2. The van der Waals surface area contributed by atoms with Crippen molar-refractivity contribution in [1.82, 2.24) is 9.78 Å². The number of hydrogen-bond donors (Lipinski definition) is 1. The van der Waals surface area contributed by atoms with Gasteiger partial charge in [-0.25, -0.2) is 4.68 Å². The van der Waals surface area contributed by atoms with E-state index in [1.807, 2.05) is 25.1 Å². The standard InChI is InChI=1S/C20H20N2O4/c1-13-3-8-18-16(11-13)12-21-22(19(18)23)9-10-26-17-6-4-15(5-7-17)14(2)20(24)25/h3-8,11-12,14H,9-10H2,1-2H3,(H,24,25). The van der Waals surface area contributed by atoms with Gasteiger partial charge < -0.3 is 9.84 Å². The van der Waals surface area contributed by atoms with Crippen LogP contribution in [-0.2, 0) is 11.3 Å². The van der Waals surface area contributed by atoms with Gasteiger partial charge in [-0.2, -0.15) is 5.10 Å². The van der Waals surface area contributed by atoms with Gasteiger partial charge in [-0.3, -0.25) is 9.59 Å². The molecule has 0 fully saturated rings. The van der Waals surface area contributed by atoms with Gasteiger partial charge in [-0.15, -0.1) is 0 Å². The van der Waals surface area contributed by atoms with Crippen molar-refractivity contribution in [3.8, 4) is 5.75 Å². The minimum Gasteiger partial charge on any atom is -0.492 e. The monoisotopic (exact) mass is 352 g/mol. The molecule has 6 heteroatoms. The maximum Gasteiger partial charge on any atom is 0.310 e. The van der Waals surface area contributed by atoms with E-state index < -0.39 is 11.9 Å². The lowest BCUT2D eigenvalue weighted by atomic mass is 10.0. The molecule has 2 aromatic carbocycles. The normalized spacial score (nSPS) is 12.1. The van der Waals surface area contributed by atoms with Crippen LogP contribution >= 0.6 is 0 Å². The molecule has 0 aliphatic heterocycles. The molecular formula is C20H20N2O4. The van der Waals surface area contributed by atoms with Crippen molar-refractivity contribution in [3.63, 3.8) is 0 Å². The van der Waals surface area contributed by atoms with Crippen LogP contribution in [0.3, 0.4) is 0 Å². The zero-order chi connectivity index (χ0) is 18.7. The number of hydrogen-bond acceptors (Lipinski definition) is 4. The molecule has 1 atom stereocenters. The molecule has 0 saturated heterocycles. The van der Waals surface area contributed by atoms with E-state index in [1.54, 1.807) is 37.4 Å². The number of nitrogens with zero attached hydrogens (tertiary/aromatic N) is 2. The van der Waals surface area contributed by atoms with Gasteiger partial charge in [0.15, 0.2) is 0 Å². The third-order valence-electron chi connectivity index (χ3n) is 4.33.